The van der Waals surface area contributed by atoms with E-state index in [1.807, 2.05) is 0 Å². The zero-order valence-corrected chi connectivity index (χ0v) is 7.23. The minimum atomic E-state index is 0.175. The van der Waals surface area contributed by atoms with Crippen LogP contribution in [-0.4, -0.2) is 20.2 Å². The Morgan fingerprint density at radius 3 is 2.14 bits per heavy atom. The van der Waals surface area contributed by atoms with Gasteiger partial charge in [0.25, 0.3) is 0 Å². The molecule has 7 nitrogen and oxygen atoms in total. The molecule has 0 aliphatic rings. The number of H-pyrrole nitrogens is 1. The standard InChI is InChI=1S/C7H9N7/c8-4-1-3(2-5(9)11-4)6-12-7(10)14-13-6/h1-2H,(H4,8,9,11)(H3,10,12,13,14). The molecule has 0 unspecified atom stereocenters. The van der Waals surface area contributed by atoms with Gasteiger partial charge in [0.05, 0.1) is 0 Å². The predicted molar refractivity (Wildman–Crippen MR) is 52.9 cm³/mol. The van der Waals surface area contributed by atoms with E-state index in [0.29, 0.717) is 23.0 Å². The first kappa shape index (κ1) is 8.30. The van der Waals surface area contributed by atoms with Crippen molar-refractivity contribution in [3.8, 4) is 11.4 Å². The number of nitrogens with two attached hydrogens (primary N) is 3. The fourth-order valence-electron chi connectivity index (χ4n) is 1.11. The van der Waals surface area contributed by atoms with Gasteiger partial charge in [-0.15, -0.1) is 5.10 Å². The summed E-state index contributed by atoms with van der Waals surface area (Å²) in [5.41, 5.74) is 17.1. The summed E-state index contributed by atoms with van der Waals surface area (Å²) < 4.78 is 0. The highest BCUT2D eigenvalue weighted by Crippen LogP contribution is 2.19. The number of nitrogen functional groups attached to an aromatic ring is 3. The molecular weight excluding hydrogens is 182 g/mol. The molecule has 2 rings (SSSR count). The van der Waals surface area contributed by atoms with Gasteiger partial charge in [0.15, 0.2) is 5.82 Å². The Bertz CT molecular complexity index is 441. The summed E-state index contributed by atoms with van der Waals surface area (Å²) in [4.78, 5) is 7.76. The Labute approximate surface area is 79.3 Å². The Kier molecular flexibility index (Phi) is 1.70. The van der Waals surface area contributed by atoms with Crippen LogP contribution in [0.1, 0.15) is 0 Å². The summed E-state index contributed by atoms with van der Waals surface area (Å²) in [5, 5.41) is 6.34. The molecule has 7 N–H and O–H groups in total. The minimum absolute atomic E-state index is 0.175. The number of nitrogens with one attached hydrogen (secondary N) is 1. The number of anilines is 3. The minimum Gasteiger partial charge on any atom is -0.384 e. The van der Waals surface area contributed by atoms with Gasteiger partial charge in [-0.25, -0.2) is 4.98 Å². The van der Waals surface area contributed by atoms with Crippen LogP contribution in [0.5, 0.6) is 0 Å². The van der Waals surface area contributed by atoms with Gasteiger partial charge < -0.3 is 17.2 Å². The Morgan fingerprint density at radius 2 is 1.64 bits per heavy atom. The van der Waals surface area contributed by atoms with E-state index in [0.717, 1.165) is 0 Å². The van der Waals surface area contributed by atoms with Gasteiger partial charge in [-0.05, 0) is 12.1 Å². The monoisotopic (exact) mass is 191 g/mol. The number of hydrogen-bond acceptors (Lipinski definition) is 6. The van der Waals surface area contributed by atoms with Gasteiger partial charge in [0, 0.05) is 5.56 Å². The molecular formula is C7H9N7. The first-order valence-electron chi connectivity index (χ1n) is 3.86. The summed E-state index contributed by atoms with van der Waals surface area (Å²) >= 11 is 0. The second-order valence-electron chi connectivity index (χ2n) is 2.75. The lowest BCUT2D eigenvalue weighted by molar-refractivity contribution is 1.10. The van der Waals surface area contributed by atoms with E-state index in [2.05, 4.69) is 20.2 Å². The third-order valence-electron chi connectivity index (χ3n) is 1.64. The lowest BCUT2D eigenvalue weighted by atomic mass is 10.2. The highest BCUT2D eigenvalue weighted by Gasteiger charge is 2.05. The number of nitrogens with zero attached hydrogens (tertiary/aromatic N) is 3. The summed E-state index contributed by atoms with van der Waals surface area (Å²) in [6.07, 6.45) is 0. The van der Waals surface area contributed by atoms with Crippen molar-refractivity contribution in [3.05, 3.63) is 12.1 Å². The van der Waals surface area contributed by atoms with Crippen molar-refractivity contribution in [2.75, 3.05) is 17.2 Å². The molecule has 7 heteroatoms. The Hall–Kier alpha value is -2.31. The van der Waals surface area contributed by atoms with Crippen molar-refractivity contribution in [2.45, 2.75) is 0 Å². The largest absolute Gasteiger partial charge is 0.384 e. The van der Waals surface area contributed by atoms with Crippen LogP contribution >= 0.6 is 0 Å². The van der Waals surface area contributed by atoms with Gasteiger partial charge in [-0.1, -0.05) is 0 Å². The van der Waals surface area contributed by atoms with E-state index in [9.17, 15) is 0 Å². The Morgan fingerprint density at radius 1 is 1.00 bits per heavy atom. The van der Waals surface area contributed by atoms with E-state index in [4.69, 9.17) is 17.2 Å². The zero-order chi connectivity index (χ0) is 10.1. The fraction of sp³-hybridized carbons (Fsp3) is 0. The highest BCUT2D eigenvalue weighted by atomic mass is 15.3. The molecule has 0 spiro atoms. The maximum atomic E-state index is 5.52. The molecule has 0 aliphatic heterocycles. The van der Waals surface area contributed by atoms with Crippen molar-refractivity contribution >= 4 is 17.6 Å². The normalized spacial score (nSPS) is 10.3. The van der Waals surface area contributed by atoms with Crippen LogP contribution in [0.2, 0.25) is 0 Å². The summed E-state index contributed by atoms with van der Waals surface area (Å²) in [7, 11) is 0. The molecule has 2 heterocycles. The SMILES string of the molecule is Nc1cc(-c2nc(N)n[nH]2)cc(N)n1. The van der Waals surface area contributed by atoms with E-state index in [1.165, 1.54) is 0 Å². The van der Waals surface area contributed by atoms with Crippen LogP contribution < -0.4 is 17.2 Å². The summed E-state index contributed by atoms with van der Waals surface area (Å²) in [6, 6.07) is 3.27. The molecule has 2 aromatic rings. The number of aromatic nitrogens is 4. The van der Waals surface area contributed by atoms with E-state index in [1.54, 1.807) is 12.1 Å². The third-order valence-corrected chi connectivity index (χ3v) is 1.64. The lowest BCUT2D eigenvalue weighted by Crippen LogP contribution is -1.97. The zero-order valence-electron chi connectivity index (χ0n) is 7.23. The molecule has 0 saturated heterocycles. The Balaban J connectivity index is 2.51. The summed E-state index contributed by atoms with van der Waals surface area (Å²) in [5.74, 6) is 1.35. The van der Waals surface area contributed by atoms with Crippen molar-refractivity contribution in [3.63, 3.8) is 0 Å². The van der Waals surface area contributed by atoms with E-state index in [-0.39, 0.29) is 5.95 Å². The fourth-order valence-corrected chi connectivity index (χ4v) is 1.11. The third kappa shape index (κ3) is 1.42. The van der Waals surface area contributed by atoms with Crippen LogP contribution in [0.15, 0.2) is 12.1 Å². The quantitative estimate of drug-likeness (QED) is 0.485. The van der Waals surface area contributed by atoms with Gasteiger partial charge in [-0.2, -0.15) is 4.98 Å². The molecule has 0 aromatic carbocycles. The first-order valence-corrected chi connectivity index (χ1v) is 3.86. The van der Waals surface area contributed by atoms with E-state index >= 15 is 0 Å². The molecule has 2 aromatic heterocycles. The second-order valence-corrected chi connectivity index (χ2v) is 2.75. The molecule has 0 atom stereocenters. The maximum absolute atomic E-state index is 5.52. The van der Waals surface area contributed by atoms with Crippen molar-refractivity contribution < 1.29 is 0 Å². The van der Waals surface area contributed by atoms with Gasteiger partial charge in [0.1, 0.15) is 11.6 Å². The van der Waals surface area contributed by atoms with Crippen molar-refractivity contribution in [1.29, 1.82) is 0 Å². The molecule has 14 heavy (non-hydrogen) atoms. The number of hydrogen-bond donors (Lipinski definition) is 4. The first-order chi connectivity index (χ1) is 6.65. The molecule has 0 radical (unpaired) electrons. The molecule has 0 saturated carbocycles. The molecule has 72 valence electrons. The summed E-state index contributed by atoms with van der Waals surface area (Å²) in [6.45, 7) is 0. The number of pyridine rings is 1. The second kappa shape index (κ2) is 2.87. The van der Waals surface area contributed by atoms with Crippen LogP contribution in [0, 0.1) is 0 Å². The van der Waals surface area contributed by atoms with Crippen LogP contribution in [0.25, 0.3) is 11.4 Å². The highest BCUT2D eigenvalue weighted by molar-refractivity contribution is 5.63. The average Bonchev–Trinajstić information content (AvgIpc) is 2.50. The topological polar surface area (TPSA) is 133 Å². The van der Waals surface area contributed by atoms with Gasteiger partial charge in [-0.3, -0.25) is 5.10 Å². The van der Waals surface area contributed by atoms with Gasteiger partial charge in [0.2, 0.25) is 5.95 Å². The number of aromatic amines is 1. The smallest absolute Gasteiger partial charge is 0.239 e. The van der Waals surface area contributed by atoms with Crippen LogP contribution in [0.3, 0.4) is 0 Å². The number of rotatable bonds is 1. The predicted octanol–water partition coefficient (Wildman–Crippen LogP) is -0.387. The van der Waals surface area contributed by atoms with Crippen LogP contribution in [-0.2, 0) is 0 Å². The maximum Gasteiger partial charge on any atom is 0.239 e. The van der Waals surface area contributed by atoms with Crippen molar-refractivity contribution in [1.82, 2.24) is 20.2 Å². The molecule has 0 bridgehead atoms. The van der Waals surface area contributed by atoms with Crippen LogP contribution in [0.4, 0.5) is 17.6 Å². The van der Waals surface area contributed by atoms with Gasteiger partial charge >= 0.3 is 0 Å². The average molecular weight is 191 g/mol. The molecule has 0 aliphatic carbocycles. The van der Waals surface area contributed by atoms with Crippen molar-refractivity contribution in [2.24, 2.45) is 0 Å². The lowest BCUT2D eigenvalue weighted by Gasteiger charge is -1.99. The van der Waals surface area contributed by atoms with E-state index < -0.39 is 0 Å². The molecule has 0 fully saturated rings. The molecule has 0 amide bonds.